The number of carbonyl (C=O) groups excluding carboxylic acids is 1. The summed E-state index contributed by atoms with van der Waals surface area (Å²) < 4.78 is 0. The van der Waals surface area contributed by atoms with E-state index in [-0.39, 0.29) is 0 Å². The summed E-state index contributed by atoms with van der Waals surface area (Å²) in [7, 11) is 0. The summed E-state index contributed by atoms with van der Waals surface area (Å²) in [6.07, 6.45) is 3.43. The molecule has 1 aromatic rings. The minimum absolute atomic E-state index is 0.402. The van der Waals surface area contributed by atoms with Gasteiger partial charge in [0.15, 0.2) is 0 Å². The van der Waals surface area contributed by atoms with Crippen molar-refractivity contribution in [3.63, 3.8) is 0 Å². The average molecular weight is 164 g/mol. The standard InChI is InChI=1S/C9H12N2O/c1-2-4-7-5-3-6-11-8(7)9(10)12/h3,5-6H,2,4H2,1H3,(H2,10,12). The van der Waals surface area contributed by atoms with Crippen LogP contribution in [-0.2, 0) is 6.42 Å². The molecule has 0 radical (unpaired) electrons. The Morgan fingerprint density at radius 1 is 1.67 bits per heavy atom. The normalized spacial score (nSPS) is 9.75. The number of rotatable bonds is 3. The summed E-state index contributed by atoms with van der Waals surface area (Å²) >= 11 is 0. The third-order valence-electron chi connectivity index (χ3n) is 1.64. The van der Waals surface area contributed by atoms with Crippen molar-refractivity contribution in [3.05, 3.63) is 29.6 Å². The summed E-state index contributed by atoms with van der Waals surface area (Å²) in [5, 5.41) is 0. The number of hydrogen-bond acceptors (Lipinski definition) is 2. The molecule has 0 fully saturated rings. The van der Waals surface area contributed by atoms with Gasteiger partial charge in [0.25, 0.3) is 5.91 Å². The Bertz CT molecular complexity index is 284. The van der Waals surface area contributed by atoms with Gasteiger partial charge in [-0.3, -0.25) is 9.78 Å². The maximum absolute atomic E-state index is 10.9. The van der Waals surface area contributed by atoms with Gasteiger partial charge in [-0.15, -0.1) is 0 Å². The number of aromatic nitrogens is 1. The van der Waals surface area contributed by atoms with Crippen molar-refractivity contribution in [1.82, 2.24) is 4.98 Å². The Hall–Kier alpha value is -1.38. The fraction of sp³-hybridized carbons (Fsp3) is 0.333. The van der Waals surface area contributed by atoms with E-state index in [0.29, 0.717) is 5.69 Å². The minimum Gasteiger partial charge on any atom is -0.364 e. The van der Waals surface area contributed by atoms with E-state index in [9.17, 15) is 4.79 Å². The van der Waals surface area contributed by atoms with Crippen LogP contribution in [0.2, 0.25) is 0 Å². The lowest BCUT2D eigenvalue weighted by Crippen LogP contribution is -2.15. The summed E-state index contributed by atoms with van der Waals surface area (Å²) in [5.41, 5.74) is 6.48. The molecule has 1 amide bonds. The zero-order chi connectivity index (χ0) is 8.97. The molecule has 2 N–H and O–H groups in total. The number of amides is 1. The van der Waals surface area contributed by atoms with Gasteiger partial charge in [0.2, 0.25) is 0 Å². The maximum Gasteiger partial charge on any atom is 0.267 e. The van der Waals surface area contributed by atoms with Crippen LogP contribution < -0.4 is 5.73 Å². The predicted octanol–water partition coefficient (Wildman–Crippen LogP) is 1.13. The van der Waals surface area contributed by atoms with Gasteiger partial charge in [-0.05, 0) is 18.1 Å². The van der Waals surface area contributed by atoms with Crippen molar-refractivity contribution in [2.75, 3.05) is 0 Å². The Morgan fingerprint density at radius 2 is 2.42 bits per heavy atom. The highest BCUT2D eigenvalue weighted by molar-refractivity contribution is 5.92. The van der Waals surface area contributed by atoms with E-state index < -0.39 is 5.91 Å². The van der Waals surface area contributed by atoms with E-state index in [1.807, 2.05) is 12.1 Å². The van der Waals surface area contributed by atoms with Gasteiger partial charge in [0, 0.05) is 6.20 Å². The van der Waals surface area contributed by atoms with Gasteiger partial charge in [-0.25, -0.2) is 0 Å². The second-order valence-corrected chi connectivity index (χ2v) is 2.63. The molecule has 0 saturated carbocycles. The highest BCUT2D eigenvalue weighted by atomic mass is 16.1. The van der Waals surface area contributed by atoms with Crippen LogP contribution in [-0.4, -0.2) is 10.9 Å². The number of nitrogens with zero attached hydrogens (tertiary/aromatic N) is 1. The van der Waals surface area contributed by atoms with Crippen LogP contribution in [0.25, 0.3) is 0 Å². The maximum atomic E-state index is 10.9. The third-order valence-corrected chi connectivity index (χ3v) is 1.64. The quantitative estimate of drug-likeness (QED) is 0.728. The Labute approximate surface area is 71.6 Å². The SMILES string of the molecule is CCCc1cccnc1C(N)=O. The highest BCUT2D eigenvalue weighted by Crippen LogP contribution is 2.06. The van der Waals surface area contributed by atoms with Crippen LogP contribution in [0, 0.1) is 0 Å². The van der Waals surface area contributed by atoms with Gasteiger partial charge in [0.05, 0.1) is 0 Å². The smallest absolute Gasteiger partial charge is 0.267 e. The van der Waals surface area contributed by atoms with Crippen molar-refractivity contribution < 1.29 is 4.79 Å². The van der Waals surface area contributed by atoms with E-state index >= 15 is 0 Å². The van der Waals surface area contributed by atoms with Crippen molar-refractivity contribution in [1.29, 1.82) is 0 Å². The number of primary amides is 1. The van der Waals surface area contributed by atoms with Crippen LogP contribution in [0.1, 0.15) is 29.4 Å². The van der Waals surface area contributed by atoms with Crippen molar-refractivity contribution in [3.8, 4) is 0 Å². The van der Waals surface area contributed by atoms with Crippen molar-refractivity contribution >= 4 is 5.91 Å². The number of aryl methyl sites for hydroxylation is 1. The Kier molecular flexibility index (Phi) is 2.80. The van der Waals surface area contributed by atoms with Crippen LogP contribution in [0.4, 0.5) is 0 Å². The van der Waals surface area contributed by atoms with Crippen molar-refractivity contribution in [2.24, 2.45) is 5.73 Å². The van der Waals surface area contributed by atoms with Crippen LogP contribution in [0.15, 0.2) is 18.3 Å². The summed E-state index contributed by atoms with van der Waals surface area (Å²) in [6.45, 7) is 2.05. The molecule has 0 atom stereocenters. The molecule has 0 aromatic carbocycles. The summed E-state index contributed by atoms with van der Waals surface area (Å²) in [4.78, 5) is 14.8. The fourth-order valence-electron chi connectivity index (χ4n) is 1.13. The van der Waals surface area contributed by atoms with Crippen LogP contribution in [0.3, 0.4) is 0 Å². The number of pyridine rings is 1. The fourth-order valence-corrected chi connectivity index (χ4v) is 1.13. The number of carbonyl (C=O) groups is 1. The Morgan fingerprint density at radius 3 is 3.00 bits per heavy atom. The van der Waals surface area contributed by atoms with E-state index in [0.717, 1.165) is 18.4 Å². The summed E-state index contributed by atoms with van der Waals surface area (Å²) in [5.74, 6) is -0.445. The molecule has 0 unspecified atom stereocenters. The van der Waals surface area contributed by atoms with E-state index in [4.69, 9.17) is 5.73 Å². The minimum atomic E-state index is -0.445. The number of nitrogens with two attached hydrogens (primary N) is 1. The molecule has 0 saturated heterocycles. The molecule has 0 bridgehead atoms. The summed E-state index contributed by atoms with van der Waals surface area (Å²) in [6, 6.07) is 3.70. The lowest BCUT2D eigenvalue weighted by molar-refractivity contribution is 0.0994. The van der Waals surface area contributed by atoms with Crippen molar-refractivity contribution in [2.45, 2.75) is 19.8 Å². The molecular formula is C9H12N2O. The first-order valence-electron chi connectivity index (χ1n) is 3.99. The first kappa shape index (κ1) is 8.71. The Balaban J connectivity index is 3.00. The molecule has 1 aromatic heterocycles. The van der Waals surface area contributed by atoms with Gasteiger partial charge in [-0.1, -0.05) is 19.4 Å². The first-order chi connectivity index (χ1) is 5.75. The molecular weight excluding hydrogens is 152 g/mol. The second kappa shape index (κ2) is 3.85. The molecule has 0 aliphatic rings. The highest BCUT2D eigenvalue weighted by Gasteiger charge is 2.06. The zero-order valence-corrected chi connectivity index (χ0v) is 7.08. The van der Waals surface area contributed by atoms with E-state index in [1.54, 1.807) is 6.20 Å². The lowest BCUT2D eigenvalue weighted by Gasteiger charge is -2.02. The molecule has 0 aliphatic heterocycles. The predicted molar refractivity (Wildman–Crippen MR) is 46.7 cm³/mol. The average Bonchev–Trinajstić information content (AvgIpc) is 2.05. The molecule has 12 heavy (non-hydrogen) atoms. The van der Waals surface area contributed by atoms with Crippen LogP contribution in [0.5, 0.6) is 0 Å². The third kappa shape index (κ3) is 1.81. The molecule has 0 spiro atoms. The molecule has 0 aliphatic carbocycles. The first-order valence-corrected chi connectivity index (χ1v) is 3.99. The molecule has 1 rings (SSSR count). The van der Waals surface area contributed by atoms with Gasteiger partial charge in [0.1, 0.15) is 5.69 Å². The molecule has 64 valence electrons. The topological polar surface area (TPSA) is 56.0 Å². The van der Waals surface area contributed by atoms with Gasteiger partial charge in [-0.2, -0.15) is 0 Å². The molecule has 1 heterocycles. The van der Waals surface area contributed by atoms with Gasteiger partial charge < -0.3 is 5.73 Å². The van der Waals surface area contributed by atoms with Crippen LogP contribution >= 0.6 is 0 Å². The largest absolute Gasteiger partial charge is 0.364 e. The monoisotopic (exact) mass is 164 g/mol. The van der Waals surface area contributed by atoms with Gasteiger partial charge >= 0.3 is 0 Å². The zero-order valence-electron chi connectivity index (χ0n) is 7.08. The van der Waals surface area contributed by atoms with E-state index in [2.05, 4.69) is 11.9 Å². The van der Waals surface area contributed by atoms with E-state index in [1.165, 1.54) is 0 Å². The second-order valence-electron chi connectivity index (χ2n) is 2.63. The molecule has 3 heteroatoms. The lowest BCUT2D eigenvalue weighted by atomic mass is 10.1. The number of hydrogen-bond donors (Lipinski definition) is 1. The molecule has 3 nitrogen and oxygen atoms in total.